The van der Waals surface area contributed by atoms with Gasteiger partial charge in [-0.3, -0.25) is 4.79 Å². The van der Waals surface area contributed by atoms with E-state index in [1.807, 2.05) is 30.5 Å². The van der Waals surface area contributed by atoms with E-state index in [0.29, 0.717) is 6.42 Å². The van der Waals surface area contributed by atoms with Crippen molar-refractivity contribution in [2.45, 2.75) is 19.3 Å². The zero-order valence-corrected chi connectivity index (χ0v) is 10.9. The van der Waals surface area contributed by atoms with E-state index in [1.165, 1.54) is 0 Å². The molecule has 0 aliphatic heterocycles. The number of hydrogen-bond acceptors (Lipinski definition) is 3. The molecule has 0 aliphatic carbocycles. The first kappa shape index (κ1) is 14.1. The van der Waals surface area contributed by atoms with Gasteiger partial charge in [-0.05, 0) is 36.8 Å². The minimum Gasteiger partial charge on any atom is -0.396 e. The number of aliphatic hydroxyl groups is 1. The molecule has 1 rings (SSSR count). The van der Waals surface area contributed by atoms with E-state index in [4.69, 9.17) is 5.11 Å². The van der Waals surface area contributed by atoms with E-state index in [9.17, 15) is 4.79 Å². The van der Waals surface area contributed by atoms with Gasteiger partial charge in [-0.15, -0.1) is 0 Å². The Morgan fingerprint density at radius 2 is 2.29 bits per heavy atom. The summed E-state index contributed by atoms with van der Waals surface area (Å²) in [7, 11) is 0. The molecule has 0 aromatic heterocycles. The number of benzene rings is 1. The van der Waals surface area contributed by atoms with Crippen LogP contribution in [-0.4, -0.2) is 29.6 Å². The van der Waals surface area contributed by atoms with Crippen molar-refractivity contribution in [3.8, 4) is 0 Å². The smallest absolute Gasteiger partial charge is 0.225 e. The number of thioether (sulfide) groups is 1. The van der Waals surface area contributed by atoms with E-state index in [2.05, 4.69) is 5.32 Å². The van der Waals surface area contributed by atoms with Crippen LogP contribution in [0, 0.1) is 0 Å². The van der Waals surface area contributed by atoms with Crippen LogP contribution in [0.3, 0.4) is 0 Å². The zero-order chi connectivity index (χ0) is 12.5. The van der Waals surface area contributed by atoms with Gasteiger partial charge in [0.1, 0.15) is 0 Å². The maximum atomic E-state index is 11.5. The molecule has 0 radical (unpaired) electrons. The number of carbonyl (C=O) groups excluding carboxylic acids is 1. The predicted octanol–water partition coefficient (Wildman–Crippen LogP) is 2.30. The number of anilines is 1. The molecule has 17 heavy (non-hydrogen) atoms. The number of rotatable bonds is 7. The fourth-order valence-corrected chi connectivity index (χ4v) is 1.90. The van der Waals surface area contributed by atoms with Crippen LogP contribution in [0.4, 0.5) is 5.69 Å². The second kappa shape index (κ2) is 8.14. The normalized spacial score (nSPS) is 10.2. The SMILES string of the molecule is CSCCC(=O)Nc1cccc(CCCO)c1. The lowest BCUT2D eigenvalue weighted by atomic mass is 10.1. The lowest BCUT2D eigenvalue weighted by Gasteiger charge is -2.06. The third-order valence-corrected chi connectivity index (χ3v) is 2.98. The molecular formula is C13H19NO2S. The van der Waals surface area contributed by atoms with Crippen LogP contribution in [0.5, 0.6) is 0 Å². The molecule has 2 N–H and O–H groups in total. The summed E-state index contributed by atoms with van der Waals surface area (Å²) in [4.78, 5) is 11.5. The van der Waals surface area contributed by atoms with Crippen molar-refractivity contribution >= 4 is 23.4 Å². The highest BCUT2D eigenvalue weighted by Gasteiger charge is 2.02. The summed E-state index contributed by atoms with van der Waals surface area (Å²) in [5.41, 5.74) is 1.98. The van der Waals surface area contributed by atoms with E-state index in [0.717, 1.165) is 29.8 Å². The molecule has 0 atom stereocenters. The molecule has 0 unspecified atom stereocenters. The molecule has 3 nitrogen and oxygen atoms in total. The number of hydrogen-bond donors (Lipinski definition) is 2. The van der Waals surface area contributed by atoms with Crippen LogP contribution in [0.1, 0.15) is 18.4 Å². The standard InChI is InChI=1S/C13H19NO2S/c1-17-9-7-13(16)14-12-6-2-4-11(10-12)5-3-8-15/h2,4,6,10,15H,3,5,7-9H2,1H3,(H,14,16). The van der Waals surface area contributed by atoms with Gasteiger partial charge in [0.2, 0.25) is 5.91 Å². The van der Waals surface area contributed by atoms with Crippen molar-refractivity contribution in [3.05, 3.63) is 29.8 Å². The third kappa shape index (κ3) is 5.75. The monoisotopic (exact) mass is 253 g/mol. The summed E-state index contributed by atoms with van der Waals surface area (Å²) in [6.07, 6.45) is 4.12. The Kier molecular flexibility index (Phi) is 6.74. The minimum atomic E-state index is 0.0543. The lowest BCUT2D eigenvalue weighted by molar-refractivity contribution is -0.115. The van der Waals surface area contributed by atoms with Crippen LogP contribution < -0.4 is 5.32 Å². The highest BCUT2D eigenvalue weighted by molar-refractivity contribution is 7.98. The molecule has 1 amide bonds. The number of carbonyl (C=O) groups is 1. The highest BCUT2D eigenvalue weighted by Crippen LogP contribution is 2.12. The third-order valence-electron chi connectivity index (χ3n) is 2.37. The quantitative estimate of drug-likeness (QED) is 0.784. The lowest BCUT2D eigenvalue weighted by Crippen LogP contribution is -2.12. The first-order valence-corrected chi connectivity index (χ1v) is 7.14. The summed E-state index contributed by atoms with van der Waals surface area (Å²) in [6, 6.07) is 7.79. The van der Waals surface area contributed by atoms with Gasteiger partial charge in [0.25, 0.3) is 0 Å². The van der Waals surface area contributed by atoms with Crippen molar-refractivity contribution in [2.75, 3.05) is 23.9 Å². The highest BCUT2D eigenvalue weighted by atomic mass is 32.2. The second-order valence-corrected chi connectivity index (χ2v) is 4.80. The number of aliphatic hydroxyl groups excluding tert-OH is 1. The summed E-state index contributed by atoms with van der Waals surface area (Å²) in [5, 5.41) is 11.6. The summed E-state index contributed by atoms with van der Waals surface area (Å²) in [6.45, 7) is 0.199. The second-order valence-electron chi connectivity index (χ2n) is 3.82. The Hall–Kier alpha value is -1.00. The van der Waals surface area contributed by atoms with Crippen molar-refractivity contribution in [1.82, 2.24) is 0 Å². The number of aryl methyl sites for hydroxylation is 1. The van der Waals surface area contributed by atoms with Gasteiger partial charge in [0.15, 0.2) is 0 Å². The number of nitrogens with one attached hydrogen (secondary N) is 1. The Bertz CT molecular complexity index is 355. The largest absolute Gasteiger partial charge is 0.396 e. The average Bonchev–Trinajstić information content (AvgIpc) is 2.34. The van der Waals surface area contributed by atoms with Gasteiger partial charge in [0.05, 0.1) is 0 Å². The average molecular weight is 253 g/mol. The predicted molar refractivity (Wildman–Crippen MR) is 73.5 cm³/mol. The van der Waals surface area contributed by atoms with E-state index in [1.54, 1.807) is 11.8 Å². The van der Waals surface area contributed by atoms with Crippen molar-refractivity contribution in [2.24, 2.45) is 0 Å². The molecule has 0 fully saturated rings. The molecule has 0 spiro atoms. The fourth-order valence-electron chi connectivity index (χ4n) is 1.51. The maximum Gasteiger partial charge on any atom is 0.225 e. The summed E-state index contributed by atoms with van der Waals surface area (Å²) < 4.78 is 0. The first-order chi connectivity index (χ1) is 8.26. The maximum absolute atomic E-state index is 11.5. The molecule has 1 aromatic carbocycles. The van der Waals surface area contributed by atoms with Crippen molar-refractivity contribution in [3.63, 3.8) is 0 Å². The van der Waals surface area contributed by atoms with Gasteiger partial charge in [0, 0.05) is 24.5 Å². The Balaban J connectivity index is 2.50. The Morgan fingerprint density at radius 1 is 1.47 bits per heavy atom. The minimum absolute atomic E-state index is 0.0543. The van der Waals surface area contributed by atoms with Crippen LogP contribution in [0.15, 0.2) is 24.3 Å². The van der Waals surface area contributed by atoms with Crippen LogP contribution >= 0.6 is 11.8 Å². The zero-order valence-electron chi connectivity index (χ0n) is 10.1. The van der Waals surface area contributed by atoms with E-state index >= 15 is 0 Å². The van der Waals surface area contributed by atoms with Gasteiger partial charge in [-0.2, -0.15) is 11.8 Å². The molecule has 4 heteroatoms. The van der Waals surface area contributed by atoms with E-state index < -0.39 is 0 Å². The molecule has 0 bridgehead atoms. The fraction of sp³-hybridized carbons (Fsp3) is 0.462. The summed E-state index contributed by atoms with van der Waals surface area (Å²) in [5.74, 6) is 0.898. The van der Waals surface area contributed by atoms with Crippen molar-refractivity contribution in [1.29, 1.82) is 0 Å². The first-order valence-electron chi connectivity index (χ1n) is 5.75. The molecule has 0 saturated carbocycles. The van der Waals surface area contributed by atoms with Crippen LogP contribution in [-0.2, 0) is 11.2 Å². The van der Waals surface area contributed by atoms with Crippen LogP contribution in [0.25, 0.3) is 0 Å². The van der Waals surface area contributed by atoms with Gasteiger partial charge >= 0.3 is 0 Å². The molecular weight excluding hydrogens is 234 g/mol. The molecule has 1 aromatic rings. The van der Waals surface area contributed by atoms with Gasteiger partial charge in [-0.25, -0.2) is 0 Å². The van der Waals surface area contributed by atoms with Gasteiger partial charge in [-0.1, -0.05) is 12.1 Å². The molecule has 94 valence electrons. The molecule has 0 heterocycles. The van der Waals surface area contributed by atoms with Crippen molar-refractivity contribution < 1.29 is 9.90 Å². The summed E-state index contributed by atoms with van der Waals surface area (Å²) >= 11 is 1.67. The Morgan fingerprint density at radius 3 is 3.00 bits per heavy atom. The Labute approximate surface area is 107 Å². The van der Waals surface area contributed by atoms with Gasteiger partial charge < -0.3 is 10.4 Å². The van der Waals surface area contributed by atoms with E-state index in [-0.39, 0.29) is 12.5 Å². The molecule has 0 saturated heterocycles. The van der Waals surface area contributed by atoms with Crippen LogP contribution in [0.2, 0.25) is 0 Å². The topological polar surface area (TPSA) is 49.3 Å². The molecule has 0 aliphatic rings. The number of amides is 1.